The van der Waals surface area contributed by atoms with Gasteiger partial charge in [-0.15, -0.1) is 0 Å². The Bertz CT molecular complexity index is 191. The molecule has 0 spiro atoms. The minimum atomic E-state index is -0.0196. The highest BCUT2D eigenvalue weighted by Gasteiger charge is 2.27. The molecule has 0 bridgehead atoms. The van der Waals surface area contributed by atoms with Crippen molar-refractivity contribution in [3.8, 4) is 0 Å². The third-order valence-electron chi connectivity index (χ3n) is 3.72. The standard InChI is InChI=1S/C12H27N3/c1-5-11-9-15(8-7-14(11)4)10-12(3,13)6-2/h11H,5-10,13H2,1-4H3. The van der Waals surface area contributed by atoms with Crippen LogP contribution in [0.2, 0.25) is 0 Å². The zero-order valence-corrected chi connectivity index (χ0v) is 10.8. The van der Waals surface area contributed by atoms with Gasteiger partial charge in [0.05, 0.1) is 0 Å². The second-order valence-electron chi connectivity index (χ2n) is 5.29. The minimum Gasteiger partial charge on any atom is -0.324 e. The summed E-state index contributed by atoms with van der Waals surface area (Å²) < 4.78 is 0. The Labute approximate surface area is 94.6 Å². The molecule has 0 radical (unpaired) electrons. The first-order chi connectivity index (χ1) is 6.98. The normalized spacial score (nSPS) is 29.0. The number of likely N-dealkylation sites (N-methyl/N-ethyl adjacent to an activating group) is 1. The molecule has 0 saturated carbocycles. The van der Waals surface area contributed by atoms with Gasteiger partial charge >= 0.3 is 0 Å². The summed E-state index contributed by atoms with van der Waals surface area (Å²) >= 11 is 0. The summed E-state index contributed by atoms with van der Waals surface area (Å²) in [7, 11) is 2.23. The summed E-state index contributed by atoms with van der Waals surface area (Å²) in [5.74, 6) is 0. The van der Waals surface area contributed by atoms with Crippen molar-refractivity contribution in [1.29, 1.82) is 0 Å². The Kier molecular flexibility index (Phi) is 4.56. The summed E-state index contributed by atoms with van der Waals surface area (Å²) in [5, 5.41) is 0. The lowest BCUT2D eigenvalue weighted by Crippen LogP contribution is -2.56. The predicted octanol–water partition coefficient (Wildman–Crippen LogP) is 1.14. The van der Waals surface area contributed by atoms with Crippen LogP contribution in [0.25, 0.3) is 0 Å². The van der Waals surface area contributed by atoms with E-state index in [9.17, 15) is 0 Å². The summed E-state index contributed by atoms with van der Waals surface area (Å²) in [6.07, 6.45) is 2.29. The van der Waals surface area contributed by atoms with Gasteiger partial charge in [-0.1, -0.05) is 13.8 Å². The van der Waals surface area contributed by atoms with Crippen molar-refractivity contribution >= 4 is 0 Å². The van der Waals surface area contributed by atoms with Crippen molar-refractivity contribution in [2.75, 3.05) is 33.2 Å². The number of nitrogens with zero attached hydrogens (tertiary/aromatic N) is 2. The molecule has 1 aliphatic rings. The third-order valence-corrected chi connectivity index (χ3v) is 3.72. The van der Waals surface area contributed by atoms with Crippen LogP contribution in [0, 0.1) is 0 Å². The zero-order valence-electron chi connectivity index (χ0n) is 10.8. The van der Waals surface area contributed by atoms with Crippen LogP contribution in [0.1, 0.15) is 33.6 Å². The number of hydrogen-bond donors (Lipinski definition) is 1. The lowest BCUT2D eigenvalue weighted by Gasteiger charge is -2.42. The molecule has 15 heavy (non-hydrogen) atoms. The van der Waals surface area contributed by atoms with Crippen LogP contribution < -0.4 is 5.73 Å². The van der Waals surface area contributed by atoms with Crippen LogP contribution in [0.5, 0.6) is 0 Å². The van der Waals surface area contributed by atoms with E-state index in [4.69, 9.17) is 5.73 Å². The topological polar surface area (TPSA) is 32.5 Å². The lowest BCUT2D eigenvalue weighted by atomic mass is 9.98. The fourth-order valence-corrected chi connectivity index (χ4v) is 2.22. The molecule has 1 aliphatic heterocycles. The van der Waals surface area contributed by atoms with Crippen molar-refractivity contribution in [3.63, 3.8) is 0 Å². The maximum absolute atomic E-state index is 6.21. The quantitative estimate of drug-likeness (QED) is 0.760. The number of hydrogen-bond acceptors (Lipinski definition) is 3. The molecule has 0 amide bonds. The highest BCUT2D eigenvalue weighted by atomic mass is 15.3. The van der Waals surface area contributed by atoms with Gasteiger partial charge in [-0.3, -0.25) is 4.90 Å². The first kappa shape index (κ1) is 12.9. The molecule has 3 nitrogen and oxygen atoms in total. The van der Waals surface area contributed by atoms with Crippen molar-refractivity contribution < 1.29 is 0 Å². The van der Waals surface area contributed by atoms with Crippen molar-refractivity contribution in [2.24, 2.45) is 5.73 Å². The van der Waals surface area contributed by atoms with Gasteiger partial charge in [0.15, 0.2) is 0 Å². The van der Waals surface area contributed by atoms with E-state index in [1.807, 2.05) is 0 Å². The molecular weight excluding hydrogens is 186 g/mol. The molecule has 1 saturated heterocycles. The van der Waals surface area contributed by atoms with Gasteiger partial charge in [0.25, 0.3) is 0 Å². The minimum absolute atomic E-state index is 0.0196. The highest BCUT2D eigenvalue weighted by Crippen LogP contribution is 2.14. The zero-order chi connectivity index (χ0) is 11.5. The van der Waals surface area contributed by atoms with Crippen LogP contribution in [-0.4, -0.2) is 54.6 Å². The summed E-state index contributed by atoms with van der Waals surface area (Å²) in [6.45, 7) is 11.2. The number of piperazine rings is 1. The number of rotatable bonds is 4. The molecule has 0 aromatic rings. The maximum atomic E-state index is 6.21. The van der Waals surface area contributed by atoms with Crippen LogP contribution in [0.15, 0.2) is 0 Å². The molecule has 0 aromatic heterocycles. The van der Waals surface area contributed by atoms with Crippen molar-refractivity contribution in [2.45, 2.75) is 45.2 Å². The first-order valence-corrected chi connectivity index (χ1v) is 6.20. The smallest absolute Gasteiger partial charge is 0.0252 e. The van der Waals surface area contributed by atoms with Gasteiger partial charge in [-0.05, 0) is 26.8 Å². The SMILES string of the molecule is CCC1CN(CC(C)(N)CC)CCN1C. The van der Waals surface area contributed by atoms with E-state index in [0.717, 1.165) is 13.0 Å². The molecule has 0 aromatic carbocycles. The first-order valence-electron chi connectivity index (χ1n) is 6.20. The monoisotopic (exact) mass is 213 g/mol. The van der Waals surface area contributed by atoms with E-state index in [-0.39, 0.29) is 5.54 Å². The molecule has 2 N–H and O–H groups in total. The third kappa shape index (κ3) is 3.74. The molecule has 1 rings (SSSR count). The second kappa shape index (κ2) is 5.28. The van der Waals surface area contributed by atoms with Gasteiger partial charge in [-0.2, -0.15) is 0 Å². The largest absolute Gasteiger partial charge is 0.324 e. The second-order valence-corrected chi connectivity index (χ2v) is 5.29. The summed E-state index contributed by atoms with van der Waals surface area (Å²) in [4.78, 5) is 4.99. The Morgan fingerprint density at radius 3 is 2.53 bits per heavy atom. The summed E-state index contributed by atoms with van der Waals surface area (Å²) in [6, 6.07) is 0.714. The Balaban J connectivity index is 2.45. The van der Waals surface area contributed by atoms with E-state index >= 15 is 0 Å². The van der Waals surface area contributed by atoms with Crippen molar-refractivity contribution in [3.05, 3.63) is 0 Å². The van der Waals surface area contributed by atoms with E-state index in [2.05, 4.69) is 37.6 Å². The lowest BCUT2D eigenvalue weighted by molar-refractivity contribution is 0.0778. The molecule has 1 fully saturated rings. The van der Waals surface area contributed by atoms with Crippen LogP contribution >= 0.6 is 0 Å². The van der Waals surface area contributed by atoms with Gasteiger partial charge in [-0.25, -0.2) is 0 Å². The molecule has 3 heteroatoms. The molecule has 2 atom stereocenters. The molecule has 0 aliphatic carbocycles. The molecule has 90 valence electrons. The highest BCUT2D eigenvalue weighted by molar-refractivity contribution is 4.86. The van der Waals surface area contributed by atoms with E-state index in [1.165, 1.54) is 26.1 Å². The van der Waals surface area contributed by atoms with Crippen LogP contribution in [0.4, 0.5) is 0 Å². The Hall–Kier alpha value is -0.120. The predicted molar refractivity (Wildman–Crippen MR) is 66.0 cm³/mol. The van der Waals surface area contributed by atoms with E-state index < -0.39 is 0 Å². The van der Waals surface area contributed by atoms with Gasteiger partial charge in [0, 0.05) is 37.8 Å². The van der Waals surface area contributed by atoms with E-state index in [0.29, 0.717) is 6.04 Å². The van der Waals surface area contributed by atoms with Gasteiger partial charge in [0.1, 0.15) is 0 Å². The fraction of sp³-hybridized carbons (Fsp3) is 1.00. The van der Waals surface area contributed by atoms with Crippen LogP contribution in [0.3, 0.4) is 0 Å². The molecule has 2 unspecified atom stereocenters. The van der Waals surface area contributed by atoms with Crippen molar-refractivity contribution in [1.82, 2.24) is 9.80 Å². The average molecular weight is 213 g/mol. The fourth-order valence-electron chi connectivity index (χ4n) is 2.22. The van der Waals surface area contributed by atoms with Gasteiger partial charge < -0.3 is 10.6 Å². The summed E-state index contributed by atoms with van der Waals surface area (Å²) in [5.41, 5.74) is 6.19. The maximum Gasteiger partial charge on any atom is 0.0252 e. The molecular formula is C12H27N3. The Morgan fingerprint density at radius 1 is 1.33 bits per heavy atom. The average Bonchev–Trinajstić information content (AvgIpc) is 2.20. The molecule has 1 heterocycles. The van der Waals surface area contributed by atoms with Gasteiger partial charge in [0.2, 0.25) is 0 Å². The number of nitrogens with two attached hydrogens (primary N) is 1. The Morgan fingerprint density at radius 2 is 2.00 bits per heavy atom. The van der Waals surface area contributed by atoms with E-state index in [1.54, 1.807) is 0 Å². The van der Waals surface area contributed by atoms with Crippen LogP contribution in [-0.2, 0) is 0 Å².